The second kappa shape index (κ2) is 7.12. The fourth-order valence-corrected chi connectivity index (χ4v) is 5.62. The van der Waals surface area contributed by atoms with Gasteiger partial charge in [-0.3, -0.25) is 4.79 Å². The van der Waals surface area contributed by atoms with Crippen LogP contribution in [0.2, 0.25) is 0 Å². The summed E-state index contributed by atoms with van der Waals surface area (Å²) in [5, 5.41) is 0.499. The molecule has 3 heterocycles. The SMILES string of the molecule is O=Cc1cc2c(-c3ccc(S(=O)(=O)N4CCCC4)cc3)ccnc2n1[SH](=O)=O. The molecule has 0 radical (unpaired) electrons. The summed E-state index contributed by atoms with van der Waals surface area (Å²) in [5.41, 5.74) is 1.50. The van der Waals surface area contributed by atoms with Crippen LogP contribution >= 0.6 is 0 Å². The molecule has 0 unspecified atom stereocenters. The molecule has 0 amide bonds. The Morgan fingerprint density at radius 3 is 2.32 bits per heavy atom. The first-order chi connectivity index (χ1) is 13.4. The summed E-state index contributed by atoms with van der Waals surface area (Å²) in [6.45, 7) is 1.06. The molecular formula is C18H17N3O5S2. The maximum atomic E-state index is 12.7. The number of benzene rings is 1. The summed E-state index contributed by atoms with van der Waals surface area (Å²) in [5.74, 6) is 0. The second-order valence-electron chi connectivity index (χ2n) is 6.47. The van der Waals surface area contributed by atoms with E-state index in [4.69, 9.17) is 0 Å². The highest BCUT2D eigenvalue weighted by Gasteiger charge is 2.27. The lowest BCUT2D eigenvalue weighted by Crippen LogP contribution is -2.27. The molecule has 0 spiro atoms. The number of rotatable bonds is 5. The predicted molar refractivity (Wildman–Crippen MR) is 104 cm³/mol. The van der Waals surface area contributed by atoms with Gasteiger partial charge in [0.05, 0.1) is 10.6 Å². The van der Waals surface area contributed by atoms with E-state index in [1.807, 2.05) is 0 Å². The minimum absolute atomic E-state index is 0.0145. The first-order valence-corrected chi connectivity index (χ1v) is 11.2. The van der Waals surface area contributed by atoms with Crippen molar-refractivity contribution in [2.45, 2.75) is 17.7 Å². The van der Waals surface area contributed by atoms with E-state index in [1.165, 1.54) is 16.6 Å². The summed E-state index contributed by atoms with van der Waals surface area (Å²) in [6, 6.07) is 9.59. The molecule has 2 aromatic heterocycles. The highest BCUT2D eigenvalue weighted by Crippen LogP contribution is 2.31. The van der Waals surface area contributed by atoms with E-state index in [9.17, 15) is 21.6 Å². The Morgan fingerprint density at radius 1 is 1.04 bits per heavy atom. The molecule has 0 N–H and O–H groups in total. The predicted octanol–water partition coefficient (Wildman–Crippen LogP) is 1.67. The number of thiol groups is 1. The van der Waals surface area contributed by atoms with Gasteiger partial charge in [0.2, 0.25) is 20.9 Å². The van der Waals surface area contributed by atoms with Crippen LogP contribution in [-0.2, 0) is 20.9 Å². The van der Waals surface area contributed by atoms with Gasteiger partial charge in [-0.25, -0.2) is 25.8 Å². The van der Waals surface area contributed by atoms with Gasteiger partial charge in [-0.05, 0) is 48.2 Å². The number of aldehydes is 1. The lowest BCUT2D eigenvalue weighted by Gasteiger charge is -2.15. The fourth-order valence-electron chi connectivity index (χ4n) is 3.50. The number of pyridine rings is 1. The minimum Gasteiger partial charge on any atom is -0.296 e. The van der Waals surface area contributed by atoms with Crippen molar-refractivity contribution >= 4 is 38.2 Å². The number of hydrogen-bond donors (Lipinski definition) is 1. The monoisotopic (exact) mass is 419 g/mol. The van der Waals surface area contributed by atoms with E-state index in [0.717, 1.165) is 16.8 Å². The van der Waals surface area contributed by atoms with E-state index >= 15 is 0 Å². The van der Waals surface area contributed by atoms with Gasteiger partial charge in [0.25, 0.3) is 0 Å². The van der Waals surface area contributed by atoms with Gasteiger partial charge in [0.15, 0.2) is 11.9 Å². The normalized spacial score (nSPS) is 15.5. The van der Waals surface area contributed by atoms with Gasteiger partial charge in [-0.1, -0.05) is 12.1 Å². The lowest BCUT2D eigenvalue weighted by molar-refractivity contribution is 0.111. The maximum absolute atomic E-state index is 12.7. The van der Waals surface area contributed by atoms with Crippen LogP contribution < -0.4 is 0 Å². The van der Waals surface area contributed by atoms with Crippen LogP contribution in [0.4, 0.5) is 0 Å². The molecule has 4 rings (SSSR count). The molecule has 1 aromatic carbocycles. The number of fused-ring (bicyclic) bond motifs is 1. The van der Waals surface area contributed by atoms with Crippen LogP contribution in [0, 0.1) is 0 Å². The Kier molecular flexibility index (Phi) is 4.77. The molecule has 146 valence electrons. The van der Waals surface area contributed by atoms with Crippen molar-refractivity contribution < 1.29 is 21.6 Å². The summed E-state index contributed by atoms with van der Waals surface area (Å²) < 4.78 is 50.7. The highest BCUT2D eigenvalue weighted by atomic mass is 32.2. The van der Waals surface area contributed by atoms with Gasteiger partial charge >= 0.3 is 0 Å². The van der Waals surface area contributed by atoms with Gasteiger partial charge in [0, 0.05) is 24.7 Å². The lowest BCUT2D eigenvalue weighted by atomic mass is 10.0. The smallest absolute Gasteiger partial charge is 0.243 e. The maximum Gasteiger partial charge on any atom is 0.243 e. The molecule has 1 fully saturated rings. The Hall–Kier alpha value is -2.56. The van der Waals surface area contributed by atoms with Crippen molar-refractivity contribution in [1.29, 1.82) is 0 Å². The topological polar surface area (TPSA) is 106 Å². The molecule has 0 atom stereocenters. The van der Waals surface area contributed by atoms with Crippen molar-refractivity contribution in [2.24, 2.45) is 0 Å². The summed E-state index contributed by atoms with van der Waals surface area (Å²) in [4.78, 5) is 15.5. The zero-order valence-corrected chi connectivity index (χ0v) is 16.4. The number of carbonyl (C=O) groups is 1. The van der Waals surface area contributed by atoms with Crippen molar-refractivity contribution in [1.82, 2.24) is 13.3 Å². The molecule has 8 nitrogen and oxygen atoms in total. The molecular weight excluding hydrogens is 402 g/mol. The zero-order valence-electron chi connectivity index (χ0n) is 14.7. The molecule has 10 heteroatoms. The van der Waals surface area contributed by atoms with E-state index < -0.39 is 20.9 Å². The molecule has 1 aliphatic rings. The average molecular weight is 419 g/mol. The summed E-state index contributed by atoms with van der Waals surface area (Å²) in [6.07, 6.45) is 3.65. The summed E-state index contributed by atoms with van der Waals surface area (Å²) >= 11 is 0. The van der Waals surface area contributed by atoms with E-state index in [0.29, 0.717) is 35.9 Å². The van der Waals surface area contributed by atoms with Crippen LogP contribution in [0.3, 0.4) is 0 Å². The minimum atomic E-state index is -3.51. The van der Waals surface area contributed by atoms with Crippen molar-refractivity contribution in [2.75, 3.05) is 13.1 Å². The van der Waals surface area contributed by atoms with Gasteiger partial charge in [-0.15, -0.1) is 0 Å². The van der Waals surface area contributed by atoms with Gasteiger partial charge in [-0.2, -0.15) is 4.31 Å². The molecule has 0 bridgehead atoms. The largest absolute Gasteiger partial charge is 0.296 e. The summed E-state index contributed by atoms with van der Waals surface area (Å²) in [7, 11) is -6.56. The zero-order chi connectivity index (χ0) is 19.9. The third-order valence-corrected chi connectivity index (χ3v) is 7.52. The number of nitrogens with zero attached hydrogens (tertiary/aromatic N) is 3. The van der Waals surface area contributed by atoms with E-state index in [-0.39, 0.29) is 16.2 Å². The first-order valence-electron chi connectivity index (χ1n) is 8.64. The molecule has 28 heavy (non-hydrogen) atoms. The van der Waals surface area contributed by atoms with Crippen molar-refractivity contribution in [3.63, 3.8) is 0 Å². The van der Waals surface area contributed by atoms with Crippen LogP contribution in [0.5, 0.6) is 0 Å². The molecule has 0 saturated carbocycles. The molecule has 0 aliphatic carbocycles. The Labute approximate surface area is 163 Å². The quantitative estimate of drug-likeness (QED) is 0.498. The van der Waals surface area contributed by atoms with Crippen LogP contribution in [0.1, 0.15) is 23.3 Å². The number of sulfonamides is 1. The van der Waals surface area contributed by atoms with Crippen LogP contribution in [-0.4, -0.2) is 49.5 Å². The van der Waals surface area contributed by atoms with Crippen LogP contribution in [0.15, 0.2) is 47.5 Å². The Bertz CT molecular complexity index is 1230. The Balaban J connectivity index is 1.80. The molecule has 1 saturated heterocycles. The third kappa shape index (κ3) is 3.03. The highest BCUT2D eigenvalue weighted by molar-refractivity contribution is 7.89. The van der Waals surface area contributed by atoms with Crippen LogP contribution in [0.25, 0.3) is 22.2 Å². The van der Waals surface area contributed by atoms with Gasteiger partial charge in [0.1, 0.15) is 0 Å². The molecule has 1 aliphatic heterocycles. The van der Waals surface area contributed by atoms with Gasteiger partial charge < -0.3 is 0 Å². The third-order valence-electron chi connectivity index (χ3n) is 4.86. The Morgan fingerprint density at radius 2 is 1.71 bits per heavy atom. The molecule has 3 aromatic rings. The van der Waals surface area contributed by atoms with E-state index in [1.54, 1.807) is 30.3 Å². The second-order valence-corrected chi connectivity index (χ2v) is 9.28. The van der Waals surface area contributed by atoms with Crippen molar-refractivity contribution in [3.05, 3.63) is 48.3 Å². The number of carbonyl (C=O) groups excluding carboxylic acids is 1. The van der Waals surface area contributed by atoms with Crippen molar-refractivity contribution in [3.8, 4) is 11.1 Å². The average Bonchev–Trinajstić information content (AvgIpc) is 3.35. The number of aromatic nitrogens is 2. The standard InChI is InChI=1S/C18H17N3O5S2/c22-12-14-11-17-16(7-8-19-18(17)21(14)27(23)24)13-3-5-15(6-4-13)28(25,26)20-9-1-2-10-20/h3-8,11-12,27H,1-2,9-10H2. The first kappa shape index (κ1) is 18.8. The number of hydrogen-bond acceptors (Lipinski definition) is 6. The fraction of sp³-hybridized carbons (Fsp3) is 0.222. The van der Waals surface area contributed by atoms with E-state index in [2.05, 4.69) is 4.98 Å².